The van der Waals surface area contributed by atoms with Crippen LogP contribution in [0.1, 0.15) is 36.7 Å². The molecule has 88 valence electrons. The number of nitrogens with one attached hydrogen (secondary N) is 2. The molecule has 2 heterocycles. The largest absolute Gasteiger partial charge is 0.390 e. The molecule has 1 saturated heterocycles. The lowest BCUT2D eigenvalue weighted by Crippen LogP contribution is -2.26. The summed E-state index contributed by atoms with van der Waals surface area (Å²) in [6, 6.07) is 2.31. The number of rotatable bonds is 2. The van der Waals surface area contributed by atoms with Gasteiger partial charge in [-0.25, -0.2) is 0 Å². The highest BCUT2D eigenvalue weighted by Gasteiger charge is 2.16. The number of aliphatic hydroxyl groups excluding tert-OH is 1. The third-order valence-corrected chi connectivity index (χ3v) is 2.49. The smallest absolute Gasteiger partial charge is 0.0847 e. The number of aromatic nitrogens is 2. The molecule has 1 atom stereocenters. The van der Waals surface area contributed by atoms with Gasteiger partial charge in [0.25, 0.3) is 0 Å². The maximum absolute atomic E-state index is 8.86. The molecule has 1 fully saturated rings. The van der Waals surface area contributed by atoms with E-state index in [9.17, 15) is 0 Å². The summed E-state index contributed by atoms with van der Waals surface area (Å²) in [4.78, 5) is 0. The molecule has 1 aliphatic heterocycles. The number of nitrogens with zero attached hydrogens (tertiary/aromatic N) is 1. The van der Waals surface area contributed by atoms with Crippen molar-refractivity contribution >= 4 is 24.8 Å². The first kappa shape index (κ1) is 14.7. The van der Waals surface area contributed by atoms with E-state index < -0.39 is 0 Å². The Balaban J connectivity index is 0.000000980. The monoisotopic (exact) mass is 253 g/mol. The van der Waals surface area contributed by atoms with E-state index in [2.05, 4.69) is 15.5 Å². The first-order valence-electron chi connectivity index (χ1n) is 4.78. The van der Waals surface area contributed by atoms with Gasteiger partial charge in [0.1, 0.15) is 0 Å². The Morgan fingerprint density at radius 2 is 2.20 bits per heavy atom. The molecule has 1 aliphatic rings. The van der Waals surface area contributed by atoms with Gasteiger partial charge in [0, 0.05) is 0 Å². The summed E-state index contributed by atoms with van der Waals surface area (Å²) < 4.78 is 0. The van der Waals surface area contributed by atoms with Gasteiger partial charge in [-0.05, 0) is 25.5 Å². The van der Waals surface area contributed by atoms with Crippen molar-refractivity contribution in [2.45, 2.75) is 31.9 Å². The predicted molar refractivity (Wildman–Crippen MR) is 63.6 cm³/mol. The van der Waals surface area contributed by atoms with Crippen molar-refractivity contribution in [1.82, 2.24) is 15.5 Å². The van der Waals surface area contributed by atoms with Crippen molar-refractivity contribution in [3.8, 4) is 0 Å². The summed E-state index contributed by atoms with van der Waals surface area (Å²) >= 11 is 0. The summed E-state index contributed by atoms with van der Waals surface area (Å²) in [5.74, 6) is 0. The number of H-pyrrole nitrogens is 1. The standard InChI is InChI=1S/C9H15N3O.2ClH/c13-6-7-5-9(12-11-7)8-3-1-2-4-10-8;;/h5,8,10,13H,1-4,6H2,(H,11,12);2*1H. The third-order valence-electron chi connectivity index (χ3n) is 2.49. The predicted octanol–water partition coefficient (Wildman–Crippen LogP) is 1.56. The summed E-state index contributed by atoms with van der Waals surface area (Å²) in [5, 5.41) is 19.2. The minimum atomic E-state index is 0. The SMILES string of the molecule is Cl.Cl.OCc1cc(C2CCCCN2)n[nH]1. The van der Waals surface area contributed by atoms with E-state index >= 15 is 0 Å². The zero-order chi connectivity index (χ0) is 9.10. The Kier molecular flexibility index (Phi) is 6.92. The second-order valence-electron chi connectivity index (χ2n) is 3.48. The first-order chi connectivity index (χ1) is 6.40. The normalized spacial score (nSPS) is 20.2. The van der Waals surface area contributed by atoms with Gasteiger partial charge in [0.15, 0.2) is 0 Å². The minimum absolute atomic E-state index is 0. The van der Waals surface area contributed by atoms with Crippen molar-refractivity contribution < 1.29 is 5.11 Å². The fourth-order valence-electron chi connectivity index (χ4n) is 1.74. The molecule has 0 saturated carbocycles. The molecule has 1 aromatic rings. The second kappa shape index (κ2) is 7.06. The van der Waals surface area contributed by atoms with Gasteiger partial charge in [0.05, 0.1) is 24.0 Å². The molecule has 0 radical (unpaired) electrons. The van der Waals surface area contributed by atoms with E-state index in [0.717, 1.165) is 24.4 Å². The average molecular weight is 254 g/mol. The molecule has 0 amide bonds. The van der Waals surface area contributed by atoms with Gasteiger partial charge in [-0.1, -0.05) is 6.42 Å². The number of halogens is 2. The fraction of sp³-hybridized carbons (Fsp3) is 0.667. The van der Waals surface area contributed by atoms with Gasteiger partial charge >= 0.3 is 0 Å². The molecule has 6 heteroatoms. The molecule has 0 bridgehead atoms. The lowest BCUT2D eigenvalue weighted by molar-refractivity contribution is 0.276. The van der Waals surface area contributed by atoms with Crippen LogP contribution in [0.25, 0.3) is 0 Å². The van der Waals surface area contributed by atoms with Crippen LogP contribution in [0.4, 0.5) is 0 Å². The van der Waals surface area contributed by atoms with Gasteiger partial charge in [-0.3, -0.25) is 5.10 Å². The number of aliphatic hydroxyl groups is 1. The first-order valence-corrected chi connectivity index (χ1v) is 4.78. The molecule has 3 N–H and O–H groups in total. The van der Waals surface area contributed by atoms with Crippen LogP contribution in [0, 0.1) is 0 Å². The zero-order valence-corrected chi connectivity index (χ0v) is 10.0. The molecule has 4 nitrogen and oxygen atoms in total. The van der Waals surface area contributed by atoms with Gasteiger partial charge in [0.2, 0.25) is 0 Å². The van der Waals surface area contributed by atoms with Crippen molar-refractivity contribution in [2.75, 3.05) is 6.54 Å². The third kappa shape index (κ3) is 3.65. The second-order valence-corrected chi connectivity index (χ2v) is 3.48. The molecule has 0 spiro atoms. The van der Waals surface area contributed by atoms with Crippen LogP contribution < -0.4 is 5.32 Å². The molecule has 0 aliphatic carbocycles. The van der Waals surface area contributed by atoms with Crippen molar-refractivity contribution in [3.05, 3.63) is 17.5 Å². The van der Waals surface area contributed by atoms with Crippen LogP contribution in [-0.2, 0) is 6.61 Å². The molecule has 1 unspecified atom stereocenters. The molecule has 15 heavy (non-hydrogen) atoms. The van der Waals surface area contributed by atoms with E-state index in [-0.39, 0.29) is 31.4 Å². The van der Waals surface area contributed by atoms with E-state index in [0.29, 0.717) is 6.04 Å². The van der Waals surface area contributed by atoms with Crippen LogP contribution in [0.15, 0.2) is 6.07 Å². The van der Waals surface area contributed by atoms with E-state index in [1.807, 2.05) is 6.07 Å². The van der Waals surface area contributed by atoms with Gasteiger partial charge in [-0.15, -0.1) is 24.8 Å². The minimum Gasteiger partial charge on any atom is -0.390 e. The topological polar surface area (TPSA) is 60.9 Å². The molecular formula is C9H17Cl2N3O. The lowest BCUT2D eigenvalue weighted by atomic mass is 10.0. The Labute approximate surface area is 102 Å². The van der Waals surface area contributed by atoms with Crippen LogP contribution >= 0.6 is 24.8 Å². The number of hydrogen-bond donors (Lipinski definition) is 3. The maximum Gasteiger partial charge on any atom is 0.0847 e. The van der Waals surface area contributed by atoms with Crippen LogP contribution in [0.2, 0.25) is 0 Å². The highest BCUT2D eigenvalue weighted by Crippen LogP contribution is 2.21. The number of piperidine rings is 1. The highest BCUT2D eigenvalue weighted by atomic mass is 35.5. The van der Waals surface area contributed by atoms with Crippen LogP contribution in [-0.4, -0.2) is 21.8 Å². The summed E-state index contributed by atoms with van der Waals surface area (Å²) in [6.45, 7) is 1.12. The lowest BCUT2D eigenvalue weighted by Gasteiger charge is -2.21. The van der Waals surface area contributed by atoms with Crippen molar-refractivity contribution in [2.24, 2.45) is 0 Å². The number of hydrogen-bond acceptors (Lipinski definition) is 3. The average Bonchev–Trinajstić information content (AvgIpc) is 2.67. The molecule has 2 rings (SSSR count). The summed E-state index contributed by atoms with van der Waals surface area (Å²) in [6.07, 6.45) is 3.67. The maximum atomic E-state index is 8.86. The zero-order valence-electron chi connectivity index (χ0n) is 8.40. The molecule has 1 aromatic heterocycles. The van der Waals surface area contributed by atoms with Crippen molar-refractivity contribution in [1.29, 1.82) is 0 Å². The fourth-order valence-corrected chi connectivity index (χ4v) is 1.74. The van der Waals surface area contributed by atoms with E-state index in [1.165, 1.54) is 12.8 Å². The van der Waals surface area contributed by atoms with Gasteiger partial charge in [-0.2, -0.15) is 5.10 Å². The number of aromatic amines is 1. The van der Waals surface area contributed by atoms with Crippen LogP contribution in [0.3, 0.4) is 0 Å². The van der Waals surface area contributed by atoms with E-state index in [1.54, 1.807) is 0 Å². The quantitative estimate of drug-likeness (QED) is 0.750. The van der Waals surface area contributed by atoms with Crippen LogP contribution in [0.5, 0.6) is 0 Å². The highest BCUT2D eigenvalue weighted by molar-refractivity contribution is 5.85. The Morgan fingerprint density at radius 3 is 2.73 bits per heavy atom. The molecular weight excluding hydrogens is 237 g/mol. The Morgan fingerprint density at radius 1 is 1.40 bits per heavy atom. The Hall–Kier alpha value is -0.290. The van der Waals surface area contributed by atoms with Crippen molar-refractivity contribution in [3.63, 3.8) is 0 Å². The van der Waals surface area contributed by atoms with Gasteiger partial charge < -0.3 is 10.4 Å². The Bertz CT molecular complexity index is 274. The molecule has 0 aromatic carbocycles. The summed E-state index contributed by atoms with van der Waals surface area (Å²) in [5.41, 5.74) is 1.83. The summed E-state index contributed by atoms with van der Waals surface area (Å²) in [7, 11) is 0. The van der Waals surface area contributed by atoms with E-state index in [4.69, 9.17) is 5.11 Å².